The van der Waals surface area contributed by atoms with Crippen molar-refractivity contribution in [3.05, 3.63) is 35.1 Å². The topological polar surface area (TPSA) is 0 Å². The van der Waals surface area contributed by atoms with E-state index in [1.165, 1.54) is 0 Å². The van der Waals surface area contributed by atoms with Gasteiger partial charge in [-0.05, 0) is 0 Å². The summed E-state index contributed by atoms with van der Waals surface area (Å²) >= 11 is 0. The first-order valence-electron chi connectivity index (χ1n) is 6.91. The molecule has 0 spiro atoms. The van der Waals surface area contributed by atoms with Gasteiger partial charge in [-0.3, -0.25) is 0 Å². The van der Waals surface area contributed by atoms with E-state index in [2.05, 4.69) is 82.7 Å². The molecule has 0 N–H and O–H groups in total. The summed E-state index contributed by atoms with van der Waals surface area (Å²) < 4.78 is 0. The monoisotopic (exact) mass is 300 g/mol. The first-order chi connectivity index (χ1) is 7.97. The van der Waals surface area contributed by atoms with Crippen molar-refractivity contribution in [2.45, 2.75) is 52.4 Å². The van der Waals surface area contributed by atoms with Gasteiger partial charge in [0.15, 0.2) is 0 Å². The molecule has 19 heavy (non-hydrogen) atoms. The van der Waals surface area contributed by atoms with E-state index < -0.39 is 24.2 Å². The largest absolute Gasteiger partial charge is 1.00 e. The second-order valence-corrected chi connectivity index (χ2v) is 23.7. The first-order valence-corrected chi connectivity index (χ1v) is 16.9. The predicted molar refractivity (Wildman–Crippen MR) is 93.5 cm³/mol. The van der Waals surface area contributed by atoms with Crippen LogP contribution in [0.4, 0.5) is 0 Å². The third kappa shape index (κ3) is 4.75. The first kappa shape index (κ1) is 19.5. The Bertz CT molecular complexity index is 374. The quantitative estimate of drug-likeness (QED) is 0.584. The molecule has 0 nitrogen and oxygen atoms in total. The minimum Gasteiger partial charge on any atom is -0.307 e. The van der Waals surface area contributed by atoms with Crippen molar-refractivity contribution in [3.8, 4) is 0 Å². The van der Waals surface area contributed by atoms with Gasteiger partial charge in [-0.15, -0.1) is 16.1 Å². The van der Waals surface area contributed by atoms with Crippen LogP contribution in [0, 0.1) is 4.79 Å². The molecule has 1 rings (SSSR count). The Balaban J connectivity index is 0.00000324. The molecule has 0 aromatic heterocycles. The van der Waals surface area contributed by atoms with E-state index in [0.717, 1.165) is 0 Å². The molecule has 0 unspecified atom stereocenters. The second-order valence-electron chi connectivity index (χ2n) is 7.87. The zero-order valence-corrected chi connectivity index (χ0v) is 17.4. The van der Waals surface area contributed by atoms with E-state index in [-0.39, 0.29) is 18.9 Å². The van der Waals surface area contributed by atoms with E-state index >= 15 is 0 Å². The Labute approximate surface area is 135 Å². The van der Waals surface area contributed by atoms with Gasteiger partial charge in [0.25, 0.3) is 0 Å². The Morgan fingerprint density at radius 3 is 1.37 bits per heavy atom. The average molecular weight is 301 g/mol. The molecule has 0 saturated heterocycles. The van der Waals surface area contributed by atoms with Gasteiger partial charge in [0.2, 0.25) is 0 Å². The van der Waals surface area contributed by atoms with Gasteiger partial charge in [-0.2, -0.15) is 0 Å². The van der Waals surface area contributed by atoms with Crippen molar-refractivity contribution in [1.29, 1.82) is 0 Å². The minimum absolute atomic E-state index is 0. The Kier molecular flexibility index (Phi) is 6.65. The molecular weight excluding hydrogens is 271 g/mol. The molecule has 0 amide bonds. The third-order valence-electron chi connectivity index (χ3n) is 3.62. The molecule has 0 aliphatic heterocycles. The normalized spacial score (nSPS) is 13.3. The number of hydrogen-bond acceptors (Lipinski definition) is 0. The Morgan fingerprint density at radius 1 is 0.684 bits per heavy atom. The summed E-state index contributed by atoms with van der Waals surface area (Å²) in [6, 6.07) is 11.3. The van der Waals surface area contributed by atoms with Crippen LogP contribution in [0.1, 0.15) is 0 Å². The van der Waals surface area contributed by atoms with E-state index in [4.69, 9.17) is 0 Å². The Hall–Kier alpha value is 0.468. The number of hydrogen-bond donors (Lipinski definition) is 0. The number of rotatable bonds is 4. The molecular formula is C15H29LiSi3. The molecule has 0 aliphatic rings. The molecule has 0 aliphatic carbocycles. The zero-order valence-electron chi connectivity index (χ0n) is 14.4. The van der Waals surface area contributed by atoms with Gasteiger partial charge < -0.3 is 4.79 Å². The van der Waals surface area contributed by atoms with Crippen molar-refractivity contribution in [3.63, 3.8) is 0 Å². The van der Waals surface area contributed by atoms with Crippen LogP contribution in [0.3, 0.4) is 0 Å². The molecule has 1 aromatic carbocycles. The fourth-order valence-electron chi connectivity index (χ4n) is 4.00. The Morgan fingerprint density at radius 2 is 1.05 bits per heavy atom. The van der Waals surface area contributed by atoms with E-state index in [0.29, 0.717) is 0 Å². The van der Waals surface area contributed by atoms with Crippen molar-refractivity contribution in [1.82, 2.24) is 0 Å². The van der Waals surface area contributed by atoms with E-state index in [1.54, 1.807) is 5.19 Å². The SMILES string of the molecule is C[Si](C)(C)[C-]([Si](C)(C)C)[Si](C)(C)c1ccccc1.[Li+]. The van der Waals surface area contributed by atoms with Gasteiger partial charge in [0, 0.05) is 0 Å². The molecule has 102 valence electrons. The summed E-state index contributed by atoms with van der Waals surface area (Å²) in [6.07, 6.45) is 0. The summed E-state index contributed by atoms with van der Waals surface area (Å²) in [4.78, 5) is 2.02. The van der Waals surface area contributed by atoms with Crippen LogP contribution in [-0.4, -0.2) is 24.2 Å². The molecule has 0 fully saturated rings. The average Bonchev–Trinajstić information content (AvgIpc) is 2.13. The zero-order chi connectivity index (χ0) is 14.2. The van der Waals surface area contributed by atoms with Gasteiger partial charge in [-0.25, -0.2) is 0 Å². The van der Waals surface area contributed by atoms with Crippen LogP contribution in [0.15, 0.2) is 30.3 Å². The summed E-state index contributed by atoms with van der Waals surface area (Å²) in [7, 11) is -3.84. The molecule has 0 heterocycles. The van der Waals surface area contributed by atoms with Crippen molar-refractivity contribution < 1.29 is 18.9 Å². The van der Waals surface area contributed by atoms with E-state index in [9.17, 15) is 0 Å². The van der Waals surface area contributed by atoms with Crippen molar-refractivity contribution >= 4 is 29.4 Å². The van der Waals surface area contributed by atoms with E-state index in [1.807, 2.05) is 4.79 Å². The summed E-state index contributed by atoms with van der Waals surface area (Å²) in [5.41, 5.74) is 0. The van der Waals surface area contributed by atoms with Crippen LogP contribution < -0.4 is 24.0 Å². The maximum Gasteiger partial charge on any atom is 1.00 e. The van der Waals surface area contributed by atoms with Crippen LogP contribution in [0.5, 0.6) is 0 Å². The fourth-order valence-corrected chi connectivity index (χ4v) is 30.2. The molecule has 0 bridgehead atoms. The van der Waals surface area contributed by atoms with Crippen LogP contribution >= 0.6 is 0 Å². The van der Waals surface area contributed by atoms with Gasteiger partial charge in [-0.1, -0.05) is 96.0 Å². The molecule has 1 aromatic rings. The summed E-state index contributed by atoms with van der Waals surface area (Å²) in [5.74, 6) is 0. The van der Waals surface area contributed by atoms with Gasteiger partial charge in [0.1, 0.15) is 0 Å². The molecule has 4 heteroatoms. The standard InChI is InChI=1S/C15H29Si3.Li/c1-16(2,3)15(17(4,5)6)18(7,8)14-12-10-9-11-13-14;/h9-13H,1-8H3;/q-1;+1. The molecule has 0 atom stereocenters. The van der Waals surface area contributed by atoms with Gasteiger partial charge >= 0.3 is 18.9 Å². The van der Waals surface area contributed by atoms with Crippen LogP contribution in [-0.2, 0) is 0 Å². The van der Waals surface area contributed by atoms with Crippen LogP contribution in [0.2, 0.25) is 52.4 Å². The third-order valence-corrected chi connectivity index (χ3v) is 22.4. The van der Waals surface area contributed by atoms with Crippen molar-refractivity contribution in [2.75, 3.05) is 0 Å². The van der Waals surface area contributed by atoms with Gasteiger partial charge in [0.05, 0.1) is 0 Å². The maximum absolute atomic E-state index is 2.56. The van der Waals surface area contributed by atoms with Crippen LogP contribution in [0.25, 0.3) is 0 Å². The second kappa shape index (κ2) is 6.49. The fraction of sp³-hybridized carbons (Fsp3) is 0.533. The van der Waals surface area contributed by atoms with Crippen molar-refractivity contribution in [2.24, 2.45) is 0 Å². The number of benzene rings is 1. The summed E-state index contributed by atoms with van der Waals surface area (Å²) in [5, 5.41) is 1.62. The predicted octanol–water partition coefficient (Wildman–Crippen LogP) is 1.47. The smallest absolute Gasteiger partial charge is 0.307 e. The molecule has 0 saturated carbocycles. The minimum atomic E-state index is -1.44. The maximum atomic E-state index is 2.56. The molecule has 0 radical (unpaired) electrons. The summed E-state index contributed by atoms with van der Waals surface area (Å²) in [6.45, 7) is 20.4.